The van der Waals surface area contributed by atoms with E-state index in [9.17, 15) is 29.5 Å². The molecule has 196 valence electrons. The zero-order valence-electron chi connectivity index (χ0n) is 20.5. The quantitative estimate of drug-likeness (QED) is 0.462. The molecule has 0 bridgehead atoms. The average molecular weight is 563 g/mol. The fourth-order valence-electron chi connectivity index (χ4n) is 5.33. The van der Waals surface area contributed by atoms with Gasteiger partial charge in [-0.15, -0.1) is 0 Å². The lowest BCUT2D eigenvalue weighted by atomic mass is 9.80. The number of hydrogen-bond acceptors (Lipinski definition) is 5. The third-order valence-electron chi connectivity index (χ3n) is 7.25. The second kappa shape index (κ2) is 9.73. The van der Waals surface area contributed by atoms with E-state index in [1.165, 1.54) is 59.3 Å². The van der Waals surface area contributed by atoms with Gasteiger partial charge < -0.3 is 14.9 Å². The van der Waals surface area contributed by atoms with Gasteiger partial charge in [0.1, 0.15) is 5.54 Å². The Hall–Kier alpha value is -4.39. The van der Waals surface area contributed by atoms with Crippen molar-refractivity contribution in [2.75, 3.05) is 25.0 Å². The number of likely N-dealkylation sites (tertiary alicyclic amines) is 1. The zero-order valence-corrected chi connectivity index (χ0v) is 22.0. The van der Waals surface area contributed by atoms with Crippen molar-refractivity contribution in [2.45, 2.75) is 11.5 Å². The molecule has 2 atom stereocenters. The fraction of sp³-hybridized carbons (Fsp3) is 0.179. The second-order valence-corrected chi connectivity index (χ2v) is 10.3. The number of imide groups is 1. The van der Waals surface area contributed by atoms with Gasteiger partial charge in [0.25, 0.3) is 11.8 Å². The summed E-state index contributed by atoms with van der Waals surface area (Å²) in [4.78, 5) is 56.7. The SMILES string of the molecule is CN1C(=O)N(c2cc(Cl)cc(Cl)c2)C(=O)[C@]12CN(C(=O)c1cccc(C(=O)O)c1)C[C@H]2c1ccc(C#N)cc1. The zero-order chi connectivity index (χ0) is 28.1. The number of halogens is 2. The first-order valence-corrected chi connectivity index (χ1v) is 12.5. The van der Waals surface area contributed by atoms with Crippen LogP contribution in [0.1, 0.15) is 37.8 Å². The van der Waals surface area contributed by atoms with E-state index in [0.29, 0.717) is 11.1 Å². The van der Waals surface area contributed by atoms with Crippen LogP contribution in [0.15, 0.2) is 66.7 Å². The first-order chi connectivity index (χ1) is 18.6. The monoisotopic (exact) mass is 562 g/mol. The smallest absolute Gasteiger partial charge is 0.335 e. The minimum Gasteiger partial charge on any atom is -0.478 e. The van der Waals surface area contributed by atoms with E-state index >= 15 is 0 Å². The first-order valence-electron chi connectivity index (χ1n) is 11.8. The van der Waals surface area contributed by atoms with Crippen LogP contribution in [0, 0.1) is 11.3 Å². The molecule has 1 N–H and O–H groups in total. The molecule has 5 rings (SSSR count). The van der Waals surface area contributed by atoms with Gasteiger partial charge in [-0.2, -0.15) is 5.26 Å². The van der Waals surface area contributed by atoms with Crippen LogP contribution >= 0.6 is 23.2 Å². The van der Waals surface area contributed by atoms with Gasteiger partial charge in [0.15, 0.2) is 0 Å². The summed E-state index contributed by atoms with van der Waals surface area (Å²) in [5.41, 5.74) is -0.122. The predicted octanol–water partition coefficient (Wildman–Crippen LogP) is 4.64. The van der Waals surface area contributed by atoms with E-state index in [-0.39, 0.29) is 39.9 Å². The van der Waals surface area contributed by atoms with Crippen LogP contribution in [0.2, 0.25) is 10.0 Å². The molecule has 11 heteroatoms. The molecule has 0 radical (unpaired) electrons. The maximum Gasteiger partial charge on any atom is 0.335 e. The van der Waals surface area contributed by atoms with E-state index < -0.39 is 35.3 Å². The number of nitriles is 1. The Morgan fingerprint density at radius 3 is 2.26 bits per heavy atom. The van der Waals surface area contributed by atoms with Crippen molar-refractivity contribution >= 4 is 52.7 Å². The van der Waals surface area contributed by atoms with E-state index in [1.54, 1.807) is 24.3 Å². The van der Waals surface area contributed by atoms with E-state index in [0.717, 1.165) is 4.90 Å². The summed E-state index contributed by atoms with van der Waals surface area (Å²) in [5, 5.41) is 19.1. The number of rotatable bonds is 4. The molecular formula is C28H20Cl2N4O5. The van der Waals surface area contributed by atoms with Gasteiger partial charge in [-0.05, 0) is 54.1 Å². The summed E-state index contributed by atoms with van der Waals surface area (Å²) in [6.07, 6.45) is 0. The topological polar surface area (TPSA) is 122 Å². The molecular weight excluding hydrogens is 543 g/mol. The first kappa shape index (κ1) is 26.2. The maximum absolute atomic E-state index is 14.2. The highest BCUT2D eigenvalue weighted by Crippen LogP contribution is 2.47. The van der Waals surface area contributed by atoms with E-state index in [1.807, 2.05) is 0 Å². The number of carboxylic acid groups (broad SMARTS) is 1. The van der Waals surface area contributed by atoms with Crippen molar-refractivity contribution in [3.8, 4) is 6.07 Å². The molecule has 2 aliphatic rings. The standard InChI is InChI=1S/C28H20Cl2N4O5/c1-32-27(39)34(22-11-20(29)10-21(30)12-22)26(38)28(32)15-33(14-23(28)17-7-5-16(13-31)6-8-17)24(35)18-3-2-4-19(9-18)25(36)37/h2-12,23H,14-15H2,1H3,(H,36,37)/t23-,28+/m0/s1. The Morgan fingerprint density at radius 2 is 1.64 bits per heavy atom. The minimum absolute atomic E-state index is 0.0494. The lowest BCUT2D eigenvalue weighted by molar-refractivity contribution is -0.124. The number of likely N-dealkylation sites (N-methyl/N-ethyl adjacent to an activating group) is 1. The van der Waals surface area contributed by atoms with Crippen molar-refractivity contribution in [2.24, 2.45) is 0 Å². The van der Waals surface area contributed by atoms with Gasteiger partial charge in [0.2, 0.25) is 0 Å². The normalized spacial score (nSPS) is 20.6. The number of aromatic carboxylic acids is 1. The van der Waals surface area contributed by atoms with E-state index in [4.69, 9.17) is 23.2 Å². The number of carboxylic acids is 1. The van der Waals surface area contributed by atoms with Crippen LogP contribution < -0.4 is 4.90 Å². The summed E-state index contributed by atoms with van der Waals surface area (Å²) in [5.74, 6) is -2.87. The van der Waals surface area contributed by atoms with Crippen molar-refractivity contribution in [3.63, 3.8) is 0 Å². The second-order valence-electron chi connectivity index (χ2n) is 9.39. The Morgan fingerprint density at radius 1 is 1.00 bits per heavy atom. The number of anilines is 1. The molecule has 1 spiro atoms. The molecule has 4 amide bonds. The Bertz CT molecular complexity index is 1570. The average Bonchev–Trinajstić information content (AvgIpc) is 3.41. The lowest BCUT2D eigenvalue weighted by Gasteiger charge is -2.33. The van der Waals surface area contributed by atoms with Crippen LogP contribution in [0.3, 0.4) is 0 Å². The van der Waals surface area contributed by atoms with Gasteiger partial charge in [0.05, 0.1) is 29.4 Å². The Labute approximate surface area is 233 Å². The van der Waals surface area contributed by atoms with Crippen molar-refractivity contribution in [1.29, 1.82) is 5.26 Å². The number of nitrogens with zero attached hydrogens (tertiary/aromatic N) is 4. The van der Waals surface area contributed by atoms with Crippen LogP contribution in [-0.2, 0) is 4.79 Å². The number of urea groups is 1. The molecule has 2 saturated heterocycles. The predicted molar refractivity (Wildman–Crippen MR) is 143 cm³/mol. The molecule has 2 aliphatic heterocycles. The summed E-state index contributed by atoms with van der Waals surface area (Å²) < 4.78 is 0. The molecule has 2 fully saturated rings. The molecule has 9 nitrogen and oxygen atoms in total. The third kappa shape index (κ3) is 4.28. The molecule has 3 aromatic rings. The van der Waals surface area contributed by atoms with Crippen LogP contribution in [0.25, 0.3) is 0 Å². The van der Waals surface area contributed by atoms with Gasteiger partial charge in [-0.3, -0.25) is 9.59 Å². The Balaban J connectivity index is 1.61. The number of amides is 4. The number of benzene rings is 3. The molecule has 0 aliphatic carbocycles. The summed E-state index contributed by atoms with van der Waals surface area (Å²) in [6, 6.07) is 18.1. The van der Waals surface area contributed by atoms with Crippen molar-refractivity contribution in [1.82, 2.24) is 9.80 Å². The minimum atomic E-state index is -1.49. The van der Waals surface area contributed by atoms with Gasteiger partial charge >= 0.3 is 12.0 Å². The third-order valence-corrected chi connectivity index (χ3v) is 7.69. The summed E-state index contributed by atoms with van der Waals surface area (Å²) >= 11 is 12.3. The van der Waals surface area contributed by atoms with E-state index in [2.05, 4.69) is 6.07 Å². The maximum atomic E-state index is 14.2. The van der Waals surface area contributed by atoms with Crippen molar-refractivity contribution in [3.05, 3.63) is 99.0 Å². The highest BCUT2D eigenvalue weighted by atomic mass is 35.5. The van der Waals surface area contributed by atoms with Crippen LogP contribution in [0.4, 0.5) is 10.5 Å². The Kier molecular flexibility index (Phi) is 6.54. The molecule has 2 heterocycles. The fourth-order valence-corrected chi connectivity index (χ4v) is 5.84. The molecule has 0 unspecified atom stereocenters. The summed E-state index contributed by atoms with van der Waals surface area (Å²) in [6.45, 7) is -0.0742. The molecule has 3 aromatic carbocycles. The summed E-state index contributed by atoms with van der Waals surface area (Å²) in [7, 11) is 1.50. The highest BCUT2D eigenvalue weighted by Gasteiger charge is 2.65. The highest BCUT2D eigenvalue weighted by molar-refractivity contribution is 6.36. The number of hydrogen-bond donors (Lipinski definition) is 1. The van der Waals surface area contributed by atoms with Gasteiger partial charge in [-0.25, -0.2) is 14.5 Å². The number of carbonyl (C=O) groups is 4. The molecule has 0 saturated carbocycles. The van der Waals surface area contributed by atoms with Crippen molar-refractivity contribution < 1.29 is 24.3 Å². The van der Waals surface area contributed by atoms with Gasteiger partial charge in [0, 0.05) is 35.1 Å². The van der Waals surface area contributed by atoms with Crippen LogP contribution in [-0.4, -0.2) is 64.4 Å². The lowest BCUT2D eigenvalue weighted by Crippen LogP contribution is -2.54. The van der Waals surface area contributed by atoms with Crippen LogP contribution in [0.5, 0.6) is 0 Å². The molecule has 39 heavy (non-hydrogen) atoms. The van der Waals surface area contributed by atoms with Gasteiger partial charge in [-0.1, -0.05) is 41.4 Å². The largest absolute Gasteiger partial charge is 0.478 e. The molecule has 0 aromatic heterocycles. The number of carbonyl (C=O) groups excluding carboxylic acids is 3.